The molecule has 0 fully saturated rings. The maximum absolute atomic E-state index is 6.38. The topological polar surface area (TPSA) is 12.0 Å². The first kappa shape index (κ1) is 14.5. The number of rotatable bonds is 5. The minimum absolute atomic E-state index is 0.312. The Labute approximate surface area is 129 Å². The van der Waals surface area contributed by atoms with Crippen molar-refractivity contribution in [2.75, 3.05) is 6.54 Å². The molecule has 0 saturated heterocycles. The van der Waals surface area contributed by atoms with Gasteiger partial charge in [-0.15, -0.1) is 22.7 Å². The maximum atomic E-state index is 6.38. The third-order valence-corrected chi connectivity index (χ3v) is 6.27. The van der Waals surface area contributed by atoms with E-state index in [1.165, 1.54) is 15.3 Å². The Morgan fingerprint density at radius 3 is 2.67 bits per heavy atom. The summed E-state index contributed by atoms with van der Waals surface area (Å²) in [7, 11) is 0. The molecule has 1 unspecified atom stereocenters. The molecule has 1 N–H and O–H groups in total. The first-order chi connectivity index (χ1) is 8.61. The lowest BCUT2D eigenvalue weighted by atomic mass is 10.1. The van der Waals surface area contributed by atoms with Crippen molar-refractivity contribution >= 4 is 50.2 Å². The van der Waals surface area contributed by atoms with Gasteiger partial charge in [0.05, 0.1) is 5.02 Å². The van der Waals surface area contributed by atoms with Crippen molar-refractivity contribution in [2.45, 2.75) is 26.3 Å². The van der Waals surface area contributed by atoms with E-state index in [9.17, 15) is 0 Å². The molecule has 0 aliphatic rings. The van der Waals surface area contributed by atoms with Gasteiger partial charge in [0.15, 0.2) is 0 Å². The van der Waals surface area contributed by atoms with Crippen molar-refractivity contribution in [3.8, 4) is 0 Å². The van der Waals surface area contributed by atoms with Gasteiger partial charge in [-0.25, -0.2) is 0 Å². The van der Waals surface area contributed by atoms with Crippen LogP contribution in [0.5, 0.6) is 0 Å². The summed E-state index contributed by atoms with van der Waals surface area (Å²) in [6.07, 6.45) is 0.990. The van der Waals surface area contributed by atoms with Crippen LogP contribution in [-0.2, 0) is 6.42 Å². The van der Waals surface area contributed by atoms with Gasteiger partial charge in [-0.1, -0.05) is 18.5 Å². The van der Waals surface area contributed by atoms with Crippen LogP contribution in [0.25, 0.3) is 0 Å². The predicted octanol–water partition coefficient (Wildman–Crippen LogP) is 5.43. The molecular weight excluding hydrogens is 350 g/mol. The second-order valence-electron chi connectivity index (χ2n) is 4.14. The second-order valence-corrected chi connectivity index (χ2v) is 7.34. The molecule has 0 aliphatic heterocycles. The van der Waals surface area contributed by atoms with Gasteiger partial charge in [0.1, 0.15) is 0 Å². The van der Waals surface area contributed by atoms with Crippen molar-refractivity contribution in [2.24, 2.45) is 0 Å². The van der Waals surface area contributed by atoms with Crippen LogP contribution < -0.4 is 5.32 Å². The van der Waals surface area contributed by atoms with Crippen LogP contribution in [0.2, 0.25) is 5.02 Å². The van der Waals surface area contributed by atoms with Crippen molar-refractivity contribution in [3.05, 3.63) is 41.6 Å². The number of thiophene rings is 2. The van der Waals surface area contributed by atoms with E-state index in [0.29, 0.717) is 6.04 Å². The monoisotopic (exact) mass is 363 g/mol. The summed E-state index contributed by atoms with van der Waals surface area (Å²) in [6.45, 7) is 5.14. The highest BCUT2D eigenvalue weighted by Gasteiger charge is 2.18. The molecule has 0 aromatic carbocycles. The third-order valence-electron chi connectivity index (χ3n) is 2.72. The molecule has 1 atom stereocenters. The van der Waals surface area contributed by atoms with E-state index >= 15 is 0 Å². The summed E-state index contributed by atoms with van der Waals surface area (Å²) >= 11 is 13.4. The number of nitrogens with one attached hydrogen (secondary N) is 1. The zero-order chi connectivity index (χ0) is 13.1. The largest absolute Gasteiger partial charge is 0.309 e. The number of hydrogen-bond donors (Lipinski definition) is 1. The average Bonchev–Trinajstić information content (AvgIpc) is 2.87. The maximum Gasteiger partial charge on any atom is 0.0590 e. The molecule has 5 heteroatoms. The average molecular weight is 365 g/mol. The Hall–Kier alpha value is 0.130. The quantitative estimate of drug-likeness (QED) is 0.746. The van der Waals surface area contributed by atoms with Crippen LogP contribution in [0.4, 0.5) is 0 Å². The van der Waals surface area contributed by atoms with E-state index in [2.05, 4.69) is 51.9 Å². The minimum atomic E-state index is 0.312. The standard InChI is InChI=1S/C13H15BrClNS2/c1-3-16-11(5-10-4-9(14)7-17-10)13-12(15)8(2)6-18-13/h4,6-7,11,16H,3,5H2,1-2H3. The summed E-state index contributed by atoms with van der Waals surface area (Å²) in [5.41, 5.74) is 1.17. The van der Waals surface area contributed by atoms with Gasteiger partial charge in [0.2, 0.25) is 0 Å². The van der Waals surface area contributed by atoms with Gasteiger partial charge >= 0.3 is 0 Å². The molecule has 0 amide bonds. The fraction of sp³-hybridized carbons (Fsp3) is 0.385. The Kier molecular flexibility index (Phi) is 5.27. The Morgan fingerprint density at radius 2 is 2.17 bits per heavy atom. The van der Waals surface area contributed by atoms with Gasteiger partial charge in [0.25, 0.3) is 0 Å². The van der Waals surface area contributed by atoms with Gasteiger partial charge in [-0.3, -0.25) is 0 Å². The van der Waals surface area contributed by atoms with Crippen LogP contribution >= 0.6 is 50.2 Å². The lowest BCUT2D eigenvalue weighted by Crippen LogP contribution is -2.22. The SMILES string of the molecule is CCNC(Cc1cc(Br)cs1)c1scc(C)c1Cl. The fourth-order valence-corrected chi connectivity index (χ4v) is 4.75. The van der Waals surface area contributed by atoms with E-state index in [1.54, 1.807) is 22.7 Å². The van der Waals surface area contributed by atoms with Crippen molar-refractivity contribution in [3.63, 3.8) is 0 Å². The van der Waals surface area contributed by atoms with Crippen LogP contribution in [0.15, 0.2) is 21.3 Å². The van der Waals surface area contributed by atoms with E-state index in [0.717, 1.165) is 22.5 Å². The van der Waals surface area contributed by atoms with Gasteiger partial charge in [-0.2, -0.15) is 0 Å². The third kappa shape index (κ3) is 3.36. The Morgan fingerprint density at radius 1 is 1.39 bits per heavy atom. The van der Waals surface area contributed by atoms with Gasteiger partial charge in [-0.05, 0) is 46.4 Å². The molecule has 0 radical (unpaired) electrons. The van der Waals surface area contributed by atoms with Crippen molar-refractivity contribution < 1.29 is 0 Å². The molecule has 18 heavy (non-hydrogen) atoms. The molecule has 0 aliphatic carbocycles. The smallest absolute Gasteiger partial charge is 0.0590 e. The number of halogens is 2. The molecule has 2 aromatic rings. The van der Waals surface area contributed by atoms with Crippen LogP contribution in [0.3, 0.4) is 0 Å². The summed E-state index contributed by atoms with van der Waals surface area (Å²) in [6, 6.07) is 2.50. The van der Waals surface area contributed by atoms with E-state index in [4.69, 9.17) is 11.6 Å². The van der Waals surface area contributed by atoms with Crippen LogP contribution in [0.1, 0.15) is 28.3 Å². The molecule has 2 heterocycles. The van der Waals surface area contributed by atoms with Crippen molar-refractivity contribution in [1.29, 1.82) is 0 Å². The molecule has 0 bridgehead atoms. The first-order valence-corrected chi connectivity index (χ1v) is 8.74. The molecule has 0 saturated carbocycles. The minimum Gasteiger partial charge on any atom is -0.309 e. The summed E-state index contributed by atoms with van der Waals surface area (Å²) < 4.78 is 1.16. The second kappa shape index (κ2) is 6.53. The Balaban J connectivity index is 2.20. The van der Waals surface area contributed by atoms with E-state index in [-0.39, 0.29) is 0 Å². The number of aryl methyl sites for hydroxylation is 1. The highest BCUT2D eigenvalue weighted by atomic mass is 79.9. The first-order valence-electron chi connectivity index (χ1n) is 5.81. The van der Waals surface area contributed by atoms with Gasteiger partial charge in [0, 0.05) is 32.1 Å². The molecule has 1 nitrogen and oxygen atoms in total. The highest BCUT2D eigenvalue weighted by molar-refractivity contribution is 9.10. The van der Waals surface area contributed by atoms with Crippen molar-refractivity contribution in [1.82, 2.24) is 5.32 Å². The molecular formula is C13H15BrClNS2. The Bertz CT molecular complexity index is 521. The number of likely N-dealkylation sites (N-methyl/N-ethyl adjacent to an activating group) is 1. The normalized spacial score (nSPS) is 12.9. The molecule has 0 spiro atoms. The number of hydrogen-bond acceptors (Lipinski definition) is 3. The zero-order valence-electron chi connectivity index (χ0n) is 10.3. The zero-order valence-corrected chi connectivity index (χ0v) is 14.3. The van der Waals surface area contributed by atoms with Gasteiger partial charge < -0.3 is 5.32 Å². The summed E-state index contributed by atoms with van der Waals surface area (Å²) in [5, 5.41) is 8.70. The summed E-state index contributed by atoms with van der Waals surface area (Å²) in [5.74, 6) is 0. The molecule has 2 rings (SSSR count). The lowest BCUT2D eigenvalue weighted by molar-refractivity contribution is 0.562. The van der Waals surface area contributed by atoms with E-state index in [1.807, 2.05) is 0 Å². The van der Waals surface area contributed by atoms with Crippen LogP contribution in [0, 0.1) is 6.92 Å². The molecule has 98 valence electrons. The highest BCUT2D eigenvalue weighted by Crippen LogP contribution is 2.35. The lowest BCUT2D eigenvalue weighted by Gasteiger charge is -2.16. The van der Waals surface area contributed by atoms with Crippen LogP contribution in [-0.4, -0.2) is 6.54 Å². The fourth-order valence-electron chi connectivity index (χ4n) is 1.85. The molecule has 2 aromatic heterocycles. The van der Waals surface area contributed by atoms with E-state index < -0.39 is 0 Å². The predicted molar refractivity (Wildman–Crippen MR) is 86.2 cm³/mol. The summed E-state index contributed by atoms with van der Waals surface area (Å²) in [4.78, 5) is 2.62.